The van der Waals surface area contributed by atoms with Crippen LogP contribution in [0, 0.1) is 0 Å². The van der Waals surface area contributed by atoms with E-state index in [1.54, 1.807) is 0 Å². The molecule has 0 aromatic heterocycles. The molecule has 2 rings (SSSR count). The molecule has 1 saturated heterocycles. The van der Waals surface area contributed by atoms with Gasteiger partial charge >= 0.3 is 0 Å². The molecule has 1 N–H and O–H groups in total. The lowest BCUT2D eigenvalue weighted by Crippen LogP contribution is -2.25. The molecular formula is C14H20O3. The van der Waals surface area contributed by atoms with E-state index in [0.29, 0.717) is 0 Å². The van der Waals surface area contributed by atoms with Gasteiger partial charge in [0.2, 0.25) is 0 Å². The van der Waals surface area contributed by atoms with Gasteiger partial charge in [-0.1, -0.05) is 19.1 Å². The van der Waals surface area contributed by atoms with Gasteiger partial charge in [-0.15, -0.1) is 0 Å². The third kappa shape index (κ3) is 3.45. The summed E-state index contributed by atoms with van der Waals surface area (Å²) in [5, 5.41) is 9.68. The Balaban J connectivity index is 1.93. The molecule has 3 nitrogen and oxygen atoms in total. The highest BCUT2D eigenvalue weighted by atomic mass is 16.5. The number of hydrogen-bond acceptors (Lipinski definition) is 3. The Morgan fingerprint density at radius 3 is 2.53 bits per heavy atom. The highest BCUT2D eigenvalue weighted by Gasteiger charge is 2.15. The van der Waals surface area contributed by atoms with Crippen molar-refractivity contribution < 1.29 is 14.6 Å². The molecule has 17 heavy (non-hydrogen) atoms. The molecule has 94 valence electrons. The van der Waals surface area contributed by atoms with Crippen molar-refractivity contribution in [2.24, 2.45) is 0 Å². The Kier molecular flexibility index (Phi) is 4.40. The number of benzene rings is 1. The van der Waals surface area contributed by atoms with Crippen LogP contribution in [0.3, 0.4) is 0 Å². The molecule has 0 amide bonds. The van der Waals surface area contributed by atoms with Crippen LogP contribution in [0.15, 0.2) is 24.3 Å². The second-order valence-electron chi connectivity index (χ2n) is 4.42. The average molecular weight is 236 g/mol. The van der Waals surface area contributed by atoms with Gasteiger partial charge in [-0.2, -0.15) is 0 Å². The summed E-state index contributed by atoms with van der Waals surface area (Å²) in [6.07, 6.45) is 2.55. The second kappa shape index (κ2) is 6.03. The van der Waals surface area contributed by atoms with Gasteiger partial charge in [0.25, 0.3) is 0 Å². The lowest BCUT2D eigenvalue weighted by atomic mass is 10.1. The maximum Gasteiger partial charge on any atom is 0.119 e. The molecule has 0 saturated carbocycles. The van der Waals surface area contributed by atoms with Crippen LogP contribution in [0.1, 0.15) is 37.9 Å². The number of hydrogen-bond donors (Lipinski definition) is 1. The van der Waals surface area contributed by atoms with Gasteiger partial charge in [-0.25, -0.2) is 0 Å². The molecule has 0 radical (unpaired) electrons. The van der Waals surface area contributed by atoms with Crippen molar-refractivity contribution in [3.63, 3.8) is 0 Å². The molecular weight excluding hydrogens is 216 g/mol. The van der Waals surface area contributed by atoms with Crippen LogP contribution >= 0.6 is 0 Å². The third-order valence-corrected chi connectivity index (χ3v) is 3.12. The van der Waals surface area contributed by atoms with E-state index in [0.717, 1.165) is 43.8 Å². The summed E-state index contributed by atoms with van der Waals surface area (Å²) in [4.78, 5) is 0. The van der Waals surface area contributed by atoms with Crippen LogP contribution in [0.2, 0.25) is 0 Å². The van der Waals surface area contributed by atoms with Gasteiger partial charge in [0, 0.05) is 12.8 Å². The van der Waals surface area contributed by atoms with Gasteiger partial charge in [-0.3, -0.25) is 0 Å². The summed E-state index contributed by atoms with van der Waals surface area (Å²) in [5.74, 6) is 0.879. The SMILES string of the molecule is CCC(O)c1ccc(OC2CCOCC2)cc1. The first-order valence-electron chi connectivity index (χ1n) is 6.32. The molecule has 0 spiro atoms. The van der Waals surface area contributed by atoms with Crippen molar-refractivity contribution in [2.75, 3.05) is 13.2 Å². The standard InChI is InChI=1S/C14H20O3/c1-2-14(15)11-3-5-12(6-4-11)17-13-7-9-16-10-8-13/h3-6,13-15H,2,7-10H2,1H3. The molecule has 0 bridgehead atoms. The van der Waals surface area contributed by atoms with Crippen molar-refractivity contribution in [1.29, 1.82) is 0 Å². The molecule has 1 aromatic carbocycles. The minimum Gasteiger partial charge on any atom is -0.490 e. The van der Waals surface area contributed by atoms with Crippen molar-refractivity contribution in [3.05, 3.63) is 29.8 Å². The summed E-state index contributed by atoms with van der Waals surface area (Å²) >= 11 is 0. The van der Waals surface area contributed by atoms with Gasteiger partial charge in [0.15, 0.2) is 0 Å². The zero-order valence-electron chi connectivity index (χ0n) is 10.3. The number of rotatable bonds is 4. The van der Waals surface area contributed by atoms with E-state index in [1.807, 2.05) is 31.2 Å². The second-order valence-corrected chi connectivity index (χ2v) is 4.42. The van der Waals surface area contributed by atoms with Gasteiger partial charge < -0.3 is 14.6 Å². The van der Waals surface area contributed by atoms with E-state index in [-0.39, 0.29) is 12.2 Å². The maximum atomic E-state index is 9.68. The third-order valence-electron chi connectivity index (χ3n) is 3.12. The monoisotopic (exact) mass is 236 g/mol. The van der Waals surface area contributed by atoms with Crippen LogP contribution in [-0.2, 0) is 4.74 Å². The largest absolute Gasteiger partial charge is 0.490 e. The van der Waals surface area contributed by atoms with E-state index in [9.17, 15) is 5.11 Å². The molecule has 1 atom stereocenters. The summed E-state index contributed by atoms with van der Waals surface area (Å²) in [5.41, 5.74) is 0.951. The van der Waals surface area contributed by atoms with Crippen molar-refractivity contribution in [1.82, 2.24) is 0 Å². The fourth-order valence-corrected chi connectivity index (χ4v) is 1.99. The molecule has 1 unspecified atom stereocenters. The molecule has 0 aliphatic carbocycles. The van der Waals surface area contributed by atoms with Crippen LogP contribution in [0.4, 0.5) is 0 Å². The lowest BCUT2D eigenvalue weighted by Gasteiger charge is -2.23. The summed E-state index contributed by atoms with van der Waals surface area (Å²) < 4.78 is 11.2. The molecule has 1 heterocycles. The normalized spacial score (nSPS) is 18.9. The Bertz CT molecular complexity index is 328. The molecule has 3 heteroatoms. The highest BCUT2D eigenvalue weighted by Crippen LogP contribution is 2.22. The van der Waals surface area contributed by atoms with E-state index in [2.05, 4.69) is 0 Å². The zero-order chi connectivity index (χ0) is 12.1. The number of aliphatic hydroxyl groups is 1. The van der Waals surface area contributed by atoms with E-state index >= 15 is 0 Å². The summed E-state index contributed by atoms with van der Waals surface area (Å²) in [6.45, 7) is 3.55. The molecule has 1 aliphatic rings. The molecule has 1 fully saturated rings. The van der Waals surface area contributed by atoms with Crippen LogP contribution in [0.5, 0.6) is 5.75 Å². The van der Waals surface area contributed by atoms with Gasteiger partial charge in [0.05, 0.1) is 19.3 Å². The van der Waals surface area contributed by atoms with Gasteiger partial charge in [-0.05, 0) is 24.1 Å². The fourth-order valence-electron chi connectivity index (χ4n) is 1.99. The van der Waals surface area contributed by atoms with Crippen LogP contribution < -0.4 is 4.74 Å². The van der Waals surface area contributed by atoms with Crippen molar-refractivity contribution >= 4 is 0 Å². The topological polar surface area (TPSA) is 38.7 Å². The first-order chi connectivity index (χ1) is 8.29. The minimum absolute atomic E-state index is 0.269. The fraction of sp³-hybridized carbons (Fsp3) is 0.571. The van der Waals surface area contributed by atoms with E-state index < -0.39 is 0 Å². The predicted octanol–water partition coefficient (Wildman–Crippen LogP) is 2.69. The van der Waals surface area contributed by atoms with Gasteiger partial charge in [0.1, 0.15) is 11.9 Å². The predicted molar refractivity (Wildman–Crippen MR) is 66.2 cm³/mol. The average Bonchev–Trinajstić information content (AvgIpc) is 2.40. The van der Waals surface area contributed by atoms with E-state index in [4.69, 9.17) is 9.47 Å². The Labute approximate surface area is 102 Å². The Morgan fingerprint density at radius 1 is 1.29 bits per heavy atom. The Morgan fingerprint density at radius 2 is 1.94 bits per heavy atom. The molecule has 1 aromatic rings. The summed E-state index contributed by atoms with van der Waals surface area (Å²) in [7, 11) is 0. The van der Waals surface area contributed by atoms with E-state index in [1.165, 1.54) is 0 Å². The first kappa shape index (κ1) is 12.4. The van der Waals surface area contributed by atoms with Crippen molar-refractivity contribution in [3.8, 4) is 5.75 Å². The zero-order valence-corrected chi connectivity index (χ0v) is 10.3. The summed E-state index contributed by atoms with van der Waals surface area (Å²) in [6, 6.07) is 7.74. The smallest absolute Gasteiger partial charge is 0.119 e. The lowest BCUT2D eigenvalue weighted by molar-refractivity contribution is 0.0255. The van der Waals surface area contributed by atoms with Crippen molar-refractivity contribution in [2.45, 2.75) is 38.4 Å². The van der Waals surface area contributed by atoms with Crippen LogP contribution in [-0.4, -0.2) is 24.4 Å². The quantitative estimate of drug-likeness (QED) is 0.873. The highest BCUT2D eigenvalue weighted by molar-refractivity contribution is 5.28. The maximum absolute atomic E-state index is 9.68. The number of aliphatic hydroxyl groups excluding tert-OH is 1. The van der Waals surface area contributed by atoms with Crippen LogP contribution in [0.25, 0.3) is 0 Å². The Hall–Kier alpha value is -1.06. The minimum atomic E-state index is -0.368. The first-order valence-corrected chi connectivity index (χ1v) is 6.32. The molecule has 1 aliphatic heterocycles. The number of ether oxygens (including phenoxy) is 2.